The molecule has 0 aliphatic carbocycles. The van der Waals surface area contributed by atoms with Gasteiger partial charge in [0.1, 0.15) is 19.0 Å². The molecule has 9 heteroatoms. The number of hydrogen-bond acceptors (Lipinski definition) is 8. The predicted octanol–water partition coefficient (Wildman–Crippen LogP) is 1.09. The van der Waals surface area contributed by atoms with Gasteiger partial charge >= 0.3 is 0 Å². The molecule has 3 aliphatic rings. The lowest BCUT2D eigenvalue weighted by Gasteiger charge is -2.27. The molecule has 3 N–H and O–H groups in total. The van der Waals surface area contributed by atoms with Gasteiger partial charge in [-0.05, 0) is 29.8 Å². The van der Waals surface area contributed by atoms with Gasteiger partial charge in [-0.2, -0.15) is 0 Å². The Kier molecular flexibility index (Phi) is 5.39. The fraction of sp³-hybridized carbons (Fsp3) is 0.429. The number of aromatic nitrogens is 1. The smallest absolute Gasteiger partial charge is 0.230 e. The van der Waals surface area contributed by atoms with E-state index in [1.165, 1.54) is 0 Å². The monoisotopic (exact) mass is 411 g/mol. The molecule has 30 heavy (non-hydrogen) atoms. The van der Waals surface area contributed by atoms with Crippen molar-refractivity contribution in [1.82, 2.24) is 15.8 Å². The van der Waals surface area contributed by atoms with Crippen molar-refractivity contribution in [2.45, 2.75) is 6.04 Å². The number of nitrogens with one attached hydrogen (secondary N) is 3. The number of nitrogens with zero attached hydrogens (tertiary/aromatic N) is 2. The fourth-order valence-electron chi connectivity index (χ4n) is 3.98. The highest BCUT2D eigenvalue weighted by Crippen LogP contribution is 2.35. The SMILES string of the molecule is O=C(Nc1ccc(N2CCOCC2)nc1)C1CNNC1c1ccc2c(c1)OCCO2. The molecule has 0 bridgehead atoms. The Balaban J connectivity index is 1.26. The number of morpholine rings is 1. The zero-order valence-corrected chi connectivity index (χ0v) is 16.6. The normalized spacial score (nSPS) is 23.3. The summed E-state index contributed by atoms with van der Waals surface area (Å²) < 4.78 is 16.7. The number of carbonyl (C=O) groups excluding carboxylic acids is 1. The fourth-order valence-corrected chi connectivity index (χ4v) is 3.98. The third kappa shape index (κ3) is 3.91. The van der Waals surface area contributed by atoms with Crippen LogP contribution in [0.1, 0.15) is 11.6 Å². The zero-order chi connectivity index (χ0) is 20.3. The van der Waals surface area contributed by atoms with Crippen molar-refractivity contribution in [2.24, 2.45) is 5.92 Å². The van der Waals surface area contributed by atoms with Crippen molar-refractivity contribution in [3.8, 4) is 11.5 Å². The van der Waals surface area contributed by atoms with Crippen LogP contribution in [0.15, 0.2) is 36.5 Å². The minimum absolute atomic E-state index is 0.0617. The Morgan fingerprint density at radius 2 is 1.90 bits per heavy atom. The average molecular weight is 411 g/mol. The number of benzene rings is 1. The Morgan fingerprint density at radius 3 is 2.70 bits per heavy atom. The summed E-state index contributed by atoms with van der Waals surface area (Å²) in [6.07, 6.45) is 1.71. The molecule has 1 aromatic heterocycles. The van der Waals surface area contributed by atoms with E-state index in [9.17, 15) is 4.79 Å². The molecule has 1 aromatic carbocycles. The molecule has 2 aromatic rings. The van der Waals surface area contributed by atoms with E-state index in [4.69, 9.17) is 14.2 Å². The van der Waals surface area contributed by atoms with Gasteiger partial charge in [-0.1, -0.05) is 6.07 Å². The zero-order valence-electron chi connectivity index (χ0n) is 16.6. The van der Waals surface area contributed by atoms with E-state index in [0.717, 1.165) is 36.0 Å². The van der Waals surface area contributed by atoms with Crippen LogP contribution in [0.3, 0.4) is 0 Å². The summed E-state index contributed by atoms with van der Waals surface area (Å²) in [7, 11) is 0. The molecule has 2 atom stereocenters. The largest absolute Gasteiger partial charge is 0.486 e. The third-order valence-electron chi connectivity index (χ3n) is 5.59. The Bertz CT molecular complexity index is 901. The van der Waals surface area contributed by atoms with Gasteiger partial charge in [-0.25, -0.2) is 10.4 Å². The second-order valence-electron chi connectivity index (χ2n) is 7.51. The minimum atomic E-state index is -0.272. The Labute approximate surface area is 174 Å². The summed E-state index contributed by atoms with van der Waals surface area (Å²) in [5, 5.41) is 3.00. The number of pyridine rings is 1. The first-order chi connectivity index (χ1) is 14.8. The first-order valence-corrected chi connectivity index (χ1v) is 10.3. The van der Waals surface area contributed by atoms with Crippen LogP contribution in [0.25, 0.3) is 0 Å². The van der Waals surface area contributed by atoms with E-state index in [1.807, 2.05) is 30.3 Å². The standard InChI is InChI=1S/C21H25N5O4/c27-21(24-15-2-4-19(22-12-15)26-5-7-28-8-6-26)16-13-23-25-20(16)14-1-3-17-18(11-14)30-10-9-29-17/h1-4,11-12,16,20,23,25H,5-10,13H2,(H,24,27). The highest BCUT2D eigenvalue weighted by molar-refractivity contribution is 5.93. The van der Waals surface area contributed by atoms with Crippen LogP contribution in [0.2, 0.25) is 0 Å². The highest BCUT2D eigenvalue weighted by Gasteiger charge is 2.34. The van der Waals surface area contributed by atoms with Gasteiger partial charge in [0, 0.05) is 19.6 Å². The molecular weight excluding hydrogens is 386 g/mol. The second kappa shape index (κ2) is 8.47. The van der Waals surface area contributed by atoms with E-state index < -0.39 is 0 Å². The molecule has 3 aliphatic heterocycles. The van der Waals surface area contributed by atoms with Crippen LogP contribution in [0.4, 0.5) is 11.5 Å². The summed E-state index contributed by atoms with van der Waals surface area (Å²) in [6, 6.07) is 9.47. The molecule has 1 amide bonds. The Morgan fingerprint density at radius 1 is 1.07 bits per heavy atom. The maximum absolute atomic E-state index is 13.0. The maximum atomic E-state index is 13.0. The number of hydrogen-bond donors (Lipinski definition) is 3. The van der Waals surface area contributed by atoms with Gasteiger partial charge in [0.25, 0.3) is 0 Å². The van der Waals surface area contributed by atoms with Crippen LogP contribution in [-0.4, -0.2) is 57.0 Å². The topological polar surface area (TPSA) is 97.0 Å². The average Bonchev–Trinajstić information content (AvgIpc) is 3.30. The summed E-state index contributed by atoms with van der Waals surface area (Å²) in [5.74, 6) is 2.02. The van der Waals surface area contributed by atoms with Crippen molar-refractivity contribution < 1.29 is 19.0 Å². The molecule has 2 unspecified atom stereocenters. The lowest BCUT2D eigenvalue weighted by molar-refractivity contribution is -0.119. The number of rotatable bonds is 4. The van der Waals surface area contributed by atoms with E-state index in [0.29, 0.717) is 38.7 Å². The summed E-state index contributed by atoms with van der Waals surface area (Å²) in [4.78, 5) is 19.7. The first-order valence-electron chi connectivity index (χ1n) is 10.3. The lowest BCUT2D eigenvalue weighted by atomic mass is 9.93. The van der Waals surface area contributed by atoms with Crippen LogP contribution in [-0.2, 0) is 9.53 Å². The van der Waals surface area contributed by atoms with Gasteiger partial charge in [-0.3, -0.25) is 10.2 Å². The van der Waals surface area contributed by atoms with Crippen molar-refractivity contribution >= 4 is 17.4 Å². The van der Waals surface area contributed by atoms with E-state index >= 15 is 0 Å². The van der Waals surface area contributed by atoms with Crippen LogP contribution >= 0.6 is 0 Å². The maximum Gasteiger partial charge on any atom is 0.230 e. The third-order valence-corrected chi connectivity index (χ3v) is 5.59. The van der Waals surface area contributed by atoms with E-state index in [1.54, 1.807) is 6.20 Å². The van der Waals surface area contributed by atoms with Gasteiger partial charge < -0.3 is 24.4 Å². The number of fused-ring (bicyclic) bond motifs is 1. The quantitative estimate of drug-likeness (QED) is 0.688. The number of hydrazine groups is 1. The predicted molar refractivity (Wildman–Crippen MR) is 111 cm³/mol. The minimum Gasteiger partial charge on any atom is -0.486 e. The van der Waals surface area contributed by atoms with Crippen molar-refractivity contribution in [3.63, 3.8) is 0 Å². The molecule has 0 saturated carbocycles. The summed E-state index contributed by atoms with van der Waals surface area (Å²) in [5.41, 5.74) is 7.97. The molecular formula is C21H25N5O4. The molecule has 158 valence electrons. The van der Waals surface area contributed by atoms with E-state index in [2.05, 4.69) is 26.1 Å². The van der Waals surface area contributed by atoms with Crippen molar-refractivity contribution in [2.75, 3.05) is 56.3 Å². The molecule has 9 nitrogen and oxygen atoms in total. The molecule has 2 saturated heterocycles. The molecule has 5 rings (SSSR count). The van der Waals surface area contributed by atoms with Gasteiger partial charge in [-0.15, -0.1) is 0 Å². The Hall–Kier alpha value is -2.88. The number of amides is 1. The van der Waals surface area contributed by atoms with Crippen LogP contribution in [0, 0.1) is 5.92 Å². The number of anilines is 2. The molecule has 0 radical (unpaired) electrons. The highest BCUT2D eigenvalue weighted by atomic mass is 16.6. The number of ether oxygens (including phenoxy) is 3. The van der Waals surface area contributed by atoms with Gasteiger partial charge in [0.05, 0.1) is 37.1 Å². The van der Waals surface area contributed by atoms with Crippen molar-refractivity contribution in [1.29, 1.82) is 0 Å². The van der Waals surface area contributed by atoms with Crippen molar-refractivity contribution in [3.05, 3.63) is 42.1 Å². The van der Waals surface area contributed by atoms with E-state index in [-0.39, 0.29) is 17.9 Å². The summed E-state index contributed by atoms with van der Waals surface area (Å²) >= 11 is 0. The molecule has 0 spiro atoms. The van der Waals surface area contributed by atoms with Crippen LogP contribution < -0.4 is 30.5 Å². The second-order valence-corrected chi connectivity index (χ2v) is 7.51. The van der Waals surface area contributed by atoms with Crippen LogP contribution in [0.5, 0.6) is 11.5 Å². The first kappa shape index (κ1) is 19.1. The number of carbonyl (C=O) groups is 1. The van der Waals surface area contributed by atoms with Gasteiger partial charge in [0.15, 0.2) is 11.5 Å². The molecule has 2 fully saturated rings. The molecule has 4 heterocycles. The summed E-state index contributed by atoms with van der Waals surface area (Å²) in [6.45, 7) is 4.70. The van der Waals surface area contributed by atoms with Gasteiger partial charge in [0.2, 0.25) is 5.91 Å². The lowest BCUT2D eigenvalue weighted by Crippen LogP contribution is -2.36.